The number of piperidine rings is 1. The molecule has 0 radical (unpaired) electrons. The van der Waals surface area contributed by atoms with E-state index in [0.717, 1.165) is 51.6 Å². The summed E-state index contributed by atoms with van der Waals surface area (Å²) in [5.74, 6) is 0.100. The second kappa shape index (κ2) is 6.18. The number of primary amides is 1. The number of hydrogen-bond acceptors (Lipinski definition) is 3. The van der Waals surface area contributed by atoms with Gasteiger partial charge in [-0.3, -0.25) is 9.59 Å². The monoisotopic (exact) mass is 253 g/mol. The zero-order valence-corrected chi connectivity index (χ0v) is 10.8. The number of amides is 2. The van der Waals surface area contributed by atoms with Crippen molar-refractivity contribution in [3.8, 4) is 0 Å². The molecule has 0 bridgehead atoms. The highest BCUT2D eigenvalue weighted by Gasteiger charge is 2.28. The summed E-state index contributed by atoms with van der Waals surface area (Å²) < 4.78 is 0. The van der Waals surface area contributed by atoms with E-state index < -0.39 is 0 Å². The van der Waals surface area contributed by atoms with Crippen LogP contribution in [0.1, 0.15) is 38.5 Å². The molecule has 5 heteroatoms. The minimum Gasteiger partial charge on any atom is -0.369 e. The number of nitrogens with two attached hydrogens (primary N) is 1. The smallest absolute Gasteiger partial charge is 0.224 e. The molecule has 1 heterocycles. The summed E-state index contributed by atoms with van der Waals surface area (Å²) in [6.45, 7) is 1.82. The number of rotatable bonds is 3. The molecule has 0 aromatic rings. The van der Waals surface area contributed by atoms with E-state index >= 15 is 0 Å². The standard InChI is InChI=1S/C13H23N3O2/c14-12(17)9-3-5-11(6-4-9)16-13(18)10-2-1-7-15-8-10/h9-11,15H,1-8H2,(H2,14,17)(H,16,18)/t9?,10-,11?/m1/s1. The third-order valence-corrected chi connectivity index (χ3v) is 4.14. The molecule has 2 fully saturated rings. The SMILES string of the molecule is NC(=O)C1CCC(NC(=O)[C@@H]2CCCNC2)CC1. The van der Waals surface area contributed by atoms with Crippen LogP contribution in [0.15, 0.2) is 0 Å². The topological polar surface area (TPSA) is 84.2 Å². The minimum absolute atomic E-state index is 0.00880. The van der Waals surface area contributed by atoms with Gasteiger partial charge in [-0.05, 0) is 45.1 Å². The van der Waals surface area contributed by atoms with Crippen molar-refractivity contribution in [1.29, 1.82) is 0 Å². The Morgan fingerprint density at radius 3 is 2.33 bits per heavy atom. The predicted octanol–water partition coefficient (Wildman–Crippen LogP) is 0.146. The number of hydrogen-bond donors (Lipinski definition) is 3. The van der Waals surface area contributed by atoms with Crippen molar-refractivity contribution < 1.29 is 9.59 Å². The predicted molar refractivity (Wildman–Crippen MR) is 68.7 cm³/mol. The third kappa shape index (κ3) is 3.45. The van der Waals surface area contributed by atoms with Gasteiger partial charge in [-0.1, -0.05) is 0 Å². The van der Waals surface area contributed by atoms with E-state index in [1.807, 2.05) is 0 Å². The normalized spacial score (nSPS) is 32.8. The van der Waals surface area contributed by atoms with E-state index in [-0.39, 0.29) is 29.7 Å². The molecule has 2 amide bonds. The van der Waals surface area contributed by atoms with Crippen LogP contribution in [0.2, 0.25) is 0 Å². The average molecular weight is 253 g/mol. The molecule has 0 aromatic carbocycles. The molecule has 102 valence electrons. The Bertz CT molecular complexity index is 305. The summed E-state index contributed by atoms with van der Waals surface area (Å²) in [4.78, 5) is 23.1. The van der Waals surface area contributed by atoms with Crippen LogP contribution in [0.25, 0.3) is 0 Å². The zero-order valence-electron chi connectivity index (χ0n) is 10.8. The first kappa shape index (κ1) is 13.3. The maximum absolute atomic E-state index is 12.0. The van der Waals surface area contributed by atoms with Gasteiger partial charge >= 0.3 is 0 Å². The van der Waals surface area contributed by atoms with Gasteiger partial charge < -0.3 is 16.4 Å². The van der Waals surface area contributed by atoms with Crippen LogP contribution in [0.5, 0.6) is 0 Å². The van der Waals surface area contributed by atoms with Crippen LogP contribution < -0.4 is 16.4 Å². The third-order valence-electron chi connectivity index (χ3n) is 4.14. The highest BCUT2D eigenvalue weighted by molar-refractivity contribution is 5.79. The van der Waals surface area contributed by atoms with Gasteiger partial charge in [-0.25, -0.2) is 0 Å². The lowest BCUT2D eigenvalue weighted by Gasteiger charge is -2.30. The maximum atomic E-state index is 12.0. The van der Waals surface area contributed by atoms with Crippen molar-refractivity contribution >= 4 is 11.8 Å². The van der Waals surface area contributed by atoms with Crippen LogP contribution in [0.3, 0.4) is 0 Å². The van der Waals surface area contributed by atoms with E-state index in [0.29, 0.717) is 0 Å². The van der Waals surface area contributed by atoms with Crippen molar-refractivity contribution in [2.24, 2.45) is 17.6 Å². The lowest BCUT2D eigenvalue weighted by Crippen LogP contribution is -2.46. The van der Waals surface area contributed by atoms with Crippen LogP contribution in [-0.4, -0.2) is 30.9 Å². The first-order chi connectivity index (χ1) is 8.66. The first-order valence-electron chi connectivity index (χ1n) is 6.97. The Morgan fingerprint density at radius 2 is 1.78 bits per heavy atom. The molecule has 2 aliphatic rings. The van der Waals surface area contributed by atoms with Crippen molar-refractivity contribution in [2.75, 3.05) is 13.1 Å². The Morgan fingerprint density at radius 1 is 1.06 bits per heavy atom. The molecule has 1 atom stereocenters. The molecule has 2 rings (SSSR count). The summed E-state index contributed by atoms with van der Waals surface area (Å²) in [5.41, 5.74) is 5.30. The van der Waals surface area contributed by atoms with E-state index in [4.69, 9.17) is 5.73 Å². The van der Waals surface area contributed by atoms with Gasteiger partial charge in [0.25, 0.3) is 0 Å². The summed E-state index contributed by atoms with van der Waals surface area (Å²) in [5, 5.41) is 6.37. The number of carbonyl (C=O) groups is 2. The first-order valence-corrected chi connectivity index (χ1v) is 6.97. The zero-order chi connectivity index (χ0) is 13.0. The molecule has 1 aliphatic carbocycles. The highest BCUT2D eigenvalue weighted by Crippen LogP contribution is 2.24. The van der Waals surface area contributed by atoms with Crippen LogP contribution in [0, 0.1) is 11.8 Å². The van der Waals surface area contributed by atoms with Crippen molar-refractivity contribution in [3.05, 3.63) is 0 Å². The fourth-order valence-corrected chi connectivity index (χ4v) is 2.92. The van der Waals surface area contributed by atoms with Gasteiger partial charge in [0.1, 0.15) is 0 Å². The largest absolute Gasteiger partial charge is 0.369 e. The van der Waals surface area contributed by atoms with Gasteiger partial charge in [0.15, 0.2) is 0 Å². The molecule has 18 heavy (non-hydrogen) atoms. The van der Waals surface area contributed by atoms with Gasteiger partial charge in [-0.2, -0.15) is 0 Å². The molecule has 1 saturated heterocycles. The number of nitrogens with one attached hydrogen (secondary N) is 2. The Hall–Kier alpha value is -1.10. The molecular formula is C13H23N3O2. The van der Waals surface area contributed by atoms with Crippen LogP contribution in [-0.2, 0) is 9.59 Å². The molecule has 1 saturated carbocycles. The second-order valence-corrected chi connectivity index (χ2v) is 5.50. The van der Waals surface area contributed by atoms with Gasteiger partial charge in [0.2, 0.25) is 11.8 Å². The van der Waals surface area contributed by atoms with Crippen LogP contribution in [0.4, 0.5) is 0 Å². The lowest BCUT2D eigenvalue weighted by molar-refractivity contribution is -0.126. The Labute approximate surface area is 108 Å². The fourth-order valence-electron chi connectivity index (χ4n) is 2.92. The Kier molecular flexibility index (Phi) is 4.58. The van der Waals surface area contributed by atoms with E-state index in [2.05, 4.69) is 10.6 Å². The van der Waals surface area contributed by atoms with Crippen LogP contribution >= 0.6 is 0 Å². The van der Waals surface area contributed by atoms with Gasteiger partial charge in [0.05, 0.1) is 5.92 Å². The number of carbonyl (C=O) groups excluding carboxylic acids is 2. The quantitative estimate of drug-likeness (QED) is 0.669. The molecule has 0 unspecified atom stereocenters. The highest BCUT2D eigenvalue weighted by atomic mass is 16.2. The fraction of sp³-hybridized carbons (Fsp3) is 0.846. The van der Waals surface area contributed by atoms with Gasteiger partial charge in [0, 0.05) is 18.5 Å². The maximum Gasteiger partial charge on any atom is 0.224 e. The van der Waals surface area contributed by atoms with E-state index in [1.54, 1.807) is 0 Å². The summed E-state index contributed by atoms with van der Waals surface area (Å²) >= 11 is 0. The minimum atomic E-state index is -0.198. The molecule has 4 N–H and O–H groups in total. The van der Waals surface area contributed by atoms with Crippen molar-refractivity contribution in [3.63, 3.8) is 0 Å². The molecular weight excluding hydrogens is 230 g/mol. The molecule has 1 aliphatic heterocycles. The molecule has 0 aromatic heterocycles. The Balaban J connectivity index is 1.73. The summed E-state index contributed by atoms with van der Waals surface area (Å²) in [7, 11) is 0. The van der Waals surface area contributed by atoms with E-state index in [9.17, 15) is 9.59 Å². The second-order valence-electron chi connectivity index (χ2n) is 5.50. The van der Waals surface area contributed by atoms with Crippen molar-refractivity contribution in [2.45, 2.75) is 44.6 Å². The summed E-state index contributed by atoms with van der Waals surface area (Å²) in [6.07, 6.45) is 5.42. The lowest BCUT2D eigenvalue weighted by atomic mass is 9.85. The molecule has 5 nitrogen and oxygen atoms in total. The van der Waals surface area contributed by atoms with E-state index in [1.165, 1.54) is 0 Å². The van der Waals surface area contributed by atoms with Crippen molar-refractivity contribution in [1.82, 2.24) is 10.6 Å². The molecule has 0 spiro atoms. The van der Waals surface area contributed by atoms with Gasteiger partial charge in [-0.15, -0.1) is 0 Å². The summed E-state index contributed by atoms with van der Waals surface area (Å²) in [6, 6.07) is 0.232. The average Bonchev–Trinajstić information content (AvgIpc) is 2.40.